The summed E-state index contributed by atoms with van der Waals surface area (Å²) in [4.78, 5) is 13.5. The average molecular weight is 185 g/mol. The van der Waals surface area contributed by atoms with Crippen molar-refractivity contribution >= 4 is 5.91 Å². The summed E-state index contributed by atoms with van der Waals surface area (Å²) in [6.07, 6.45) is 1.41. The van der Waals surface area contributed by atoms with Crippen LogP contribution in [0.2, 0.25) is 0 Å². The van der Waals surface area contributed by atoms with Gasteiger partial charge in [0.1, 0.15) is 0 Å². The molecule has 1 fully saturated rings. The molecule has 2 atom stereocenters. The lowest BCUT2D eigenvalue weighted by Gasteiger charge is -2.37. The van der Waals surface area contributed by atoms with Gasteiger partial charge in [-0.25, -0.2) is 0 Å². The van der Waals surface area contributed by atoms with E-state index in [0.29, 0.717) is 0 Å². The second-order valence-electron chi connectivity index (χ2n) is 4.14. The van der Waals surface area contributed by atoms with Crippen LogP contribution in [0.4, 0.5) is 0 Å². The Labute approximate surface area is 79.7 Å². The first-order valence-electron chi connectivity index (χ1n) is 5.02. The summed E-state index contributed by atoms with van der Waals surface area (Å²) >= 11 is 0. The van der Waals surface area contributed by atoms with Gasteiger partial charge in [-0.05, 0) is 19.8 Å². The molecule has 0 aliphatic carbocycles. The van der Waals surface area contributed by atoms with Crippen LogP contribution in [0.3, 0.4) is 0 Å². The molecule has 2 unspecified atom stereocenters. The van der Waals surface area contributed by atoms with E-state index < -0.39 is 0 Å². The van der Waals surface area contributed by atoms with Crippen molar-refractivity contribution < 1.29 is 9.90 Å². The minimum atomic E-state index is -0.337. The number of rotatable bonds is 1. The standard InChI is InChI=1S/C10H19NO2/c1-7(2)10(13)11-6-4-5-9(12)8(11)3/h7-9,12H,4-6H2,1-3H3. The van der Waals surface area contributed by atoms with Gasteiger partial charge in [-0.2, -0.15) is 0 Å². The van der Waals surface area contributed by atoms with E-state index in [4.69, 9.17) is 0 Å². The molecule has 76 valence electrons. The van der Waals surface area contributed by atoms with Crippen molar-refractivity contribution in [1.82, 2.24) is 4.90 Å². The van der Waals surface area contributed by atoms with Crippen LogP contribution in [0.5, 0.6) is 0 Å². The number of piperidine rings is 1. The lowest BCUT2D eigenvalue weighted by atomic mass is 9.98. The van der Waals surface area contributed by atoms with E-state index in [1.54, 1.807) is 4.90 Å². The van der Waals surface area contributed by atoms with Crippen molar-refractivity contribution in [2.75, 3.05) is 6.54 Å². The first-order chi connectivity index (χ1) is 6.04. The van der Waals surface area contributed by atoms with Crippen molar-refractivity contribution in [2.24, 2.45) is 5.92 Å². The zero-order valence-electron chi connectivity index (χ0n) is 8.66. The monoisotopic (exact) mass is 185 g/mol. The third-order valence-electron chi connectivity index (χ3n) is 2.72. The van der Waals surface area contributed by atoms with Gasteiger partial charge in [0.15, 0.2) is 0 Å². The number of aliphatic hydroxyl groups excluding tert-OH is 1. The summed E-state index contributed by atoms with van der Waals surface area (Å²) in [6, 6.07) is -0.0105. The molecule has 1 amide bonds. The van der Waals surface area contributed by atoms with Crippen molar-refractivity contribution in [3.63, 3.8) is 0 Å². The molecule has 1 rings (SSSR count). The molecular weight excluding hydrogens is 166 g/mol. The van der Waals surface area contributed by atoms with Crippen LogP contribution >= 0.6 is 0 Å². The number of likely N-dealkylation sites (tertiary alicyclic amines) is 1. The quantitative estimate of drug-likeness (QED) is 0.662. The molecule has 0 radical (unpaired) electrons. The molecule has 13 heavy (non-hydrogen) atoms. The maximum absolute atomic E-state index is 11.7. The molecule has 1 heterocycles. The second-order valence-corrected chi connectivity index (χ2v) is 4.14. The van der Waals surface area contributed by atoms with E-state index in [2.05, 4.69) is 0 Å². The van der Waals surface area contributed by atoms with E-state index in [-0.39, 0.29) is 24.0 Å². The van der Waals surface area contributed by atoms with Gasteiger partial charge < -0.3 is 10.0 Å². The zero-order chi connectivity index (χ0) is 10.0. The van der Waals surface area contributed by atoms with Gasteiger partial charge in [-0.1, -0.05) is 13.8 Å². The molecule has 0 aromatic rings. The molecule has 0 aromatic carbocycles. The van der Waals surface area contributed by atoms with E-state index >= 15 is 0 Å². The Bertz CT molecular complexity index is 191. The highest BCUT2D eigenvalue weighted by Crippen LogP contribution is 2.19. The molecule has 0 bridgehead atoms. The molecule has 3 heteroatoms. The van der Waals surface area contributed by atoms with Gasteiger partial charge >= 0.3 is 0 Å². The normalized spacial score (nSPS) is 29.5. The maximum atomic E-state index is 11.7. The first kappa shape index (κ1) is 10.5. The third-order valence-corrected chi connectivity index (χ3v) is 2.72. The predicted molar refractivity (Wildman–Crippen MR) is 51.3 cm³/mol. The fourth-order valence-electron chi connectivity index (χ4n) is 1.77. The Hall–Kier alpha value is -0.570. The summed E-state index contributed by atoms with van der Waals surface area (Å²) in [5.74, 6) is 0.194. The molecule has 1 saturated heterocycles. The minimum Gasteiger partial charge on any atom is -0.391 e. The largest absolute Gasteiger partial charge is 0.391 e. The summed E-state index contributed by atoms with van der Waals surface area (Å²) in [5.41, 5.74) is 0. The number of amides is 1. The lowest BCUT2D eigenvalue weighted by molar-refractivity contribution is -0.141. The number of aliphatic hydroxyl groups is 1. The molecule has 1 N–H and O–H groups in total. The summed E-state index contributed by atoms with van der Waals surface area (Å²) in [5, 5.41) is 9.58. The number of carbonyl (C=O) groups excluding carboxylic acids is 1. The van der Waals surface area contributed by atoms with E-state index in [1.807, 2.05) is 20.8 Å². The first-order valence-corrected chi connectivity index (χ1v) is 5.02. The van der Waals surface area contributed by atoms with E-state index in [9.17, 15) is 9.90 Å². The highest BCUT2D eigenvalue weighted by Gasteiger charge is 2.30. The molecule has 1 aliphatic rings. The van der Waals surface area contributed by atoms with Gasteiger partial charge in [-0.3, -0.25) is 4.79 Å². The smallest absolute Gasteiger partial charge is 0.225 e. The molecule has 0 aromatic heterocycles. The van der Waals surface area contributed by atoms with Gasteiger partial charge in [0.05, 0.1) is 12.1 Å². The van der Waals surface area contributed by atoms with Crippen molar-refractivity contribution in [1.29, 1.82) is 0 Å². The van der Waals surface area contributed by atoms with Crippen molar-refractivity contribution in [3.05, 3.63) is 0 Å². The second kappa shape index (κ2) is 4.09. The Morgan fingerprint density at radius 3 is 2.69 bits per heavy atom. The van der Waals surface area contributed by atoms with E-state index in [1.165, 1.54) is 0 Å². The summed E-state index contributed by atoms with van der Waals surface area (Å²) in [7, 11) is 0. The topological polar surface area (TPSA) is 40.5 Å². The van der Waals surface area contributed by atoms with Gasteiger partial charge in [0, 0.05) is 12.5 Å². The Balaban J connectivity index is 2.62. The SMILES string of the molecule is CC(C)C(=O)N1CCCC(O)C1C. The Morgan fingerprint density at radius 2 is 2.15 bits per heavy atom. The predicted octanol–water partition coefficient (Wildman–Crippen LogP) is 1.01. The minimum absolute atomic E-state index is 0.0105. The maximum Gasteiger partial charge on any atom is 0.225 e. The lowest BCUT2D eigenvalue weighted by Crippen LogP contribution is -2.50. The fourth-order valence-corrected chi connectivity index (χ4v) is 1.77. The number of hydrogen-bond donors (Lipinski definition) is 1. The highest BCUT2D eigenvalue weighted by atomic mass is 16.3. The molecule has 3 nitrogen and oxygen atoms in total. The van der Waals surface area contributed by atoms with Crippen LogP contribution in [-0.2, 0) is 4.79 Å². The zero-order valence-corrected chi connectivity index (χ0v) is 8.66. The van der Waals surface area contributed by atoms with Crippen LogP contribution in [0.25, 0.3) is 0 Å². The Kier molecular flexibility index (Phi) is 3.31. The number of carbonyl (C=O) groups is 1. The highest BCUT2D eigenvalue weighted by molar-refractivity contribution is 5.78. The van der Waals surface area contributed by atoms with E-state index in [0.717, 1.165) is 19.4 Å². The summed E-state index contributed by atoms with van der Waals surface area (Å²) < 4.78 is 0. The van der Waals surface area contributed by atoms with Crippen LogP contribution in [0, 0.1) is 5.92 Å². The molecule has 1 aliphatic heterocycles. The molecular formula is C10H19NO2. The van der Waals surface area contributed by atoms with Crippen molar-refractivity contribution in [3.8, 4) is 0 Å². The summed E-state index contributed by atoms with van der Waals surface area (Å²) in [6.45, 7) is 6.52. The average Bonchev–Trinajstić information content (AvgIpc) is 2.08. The Morgan fingerprint density at radius 1 is 1.54 bits per heavy atom. The van der Waals surface area contributed by atoms with Gasteiger partial charge in [0.2, 0.25) is 5.91 Å². The number of nitrogens with zero attached hydrogens (tertiary/aromatic N) is 1. The van der Waals surface area contributed by atoms with Crippen LogP contribution in [0.1, 0.15) is 33.6 Å². The molecule has 0 spiro atoms. The van der Waals surface area contributed by atoms with Crippen LogP contribution < -0.4 is 0 Å². The van der Waals surface area contributed by atoms with Crippen molar-refractivity contribution in [2.45, 2.75) is 45.8 Å². The number of hydrogen-bond acceptors (Lipinski definition) is 2. The van der Waals surface area contributed by atoms with Gasteiger partial charge in [0.25, 0.3) is 0 Å². The third kappa shape index (κ3) is 2.21. The molecule has 0 saturated carbocycles. The fraction of sp³-hybridized carbons (Fsp3) is 0.900. The van der Waals surface area contributed by atoms with Crippen LogP contribution in [-0.4, -0.2) is 34.6 Å². The van der Waals surface area contributed by atoms with Gasteiger partial charge in [-0.15, -0.1) is 0 Å². The van der Waals surface area contributed by atoms with Crippen LogP contribution in [0.15, 0.2) is 0 Å².